The average molecular weight is 368 g/mol. The summed E-state index contributed by atoms with van der Waals surface area (Å²) in [7, 11) is 0. The summed E-state index contributed by atoms with van der Waals surface area (Å²) in [6, 6.07) is 9.87. The lowest BCUT2D eigenvalue weighted by atomic mass is 9.93. The molecule has 0 bridgehead atoms. The van der Waals surface area contributed by atoms with E-state index >= 15 is 0 Å². The molecule has 1 aromatic carbocycles. The summed E-state index contributed by atoms with van der Waals surface area (Å²) < 4.78 is 5.42. The minimum atomic E-state index is 0.178. The predicted octanol–water partition coefficient (Wildman–Crippen LogP) is 3.21. The molecule has 2 aliphatic heterocycles. The van der Waals surface area contributed by atoms with Crippen LogP contribution in [-0.2, 0) is 11.3 Å². The fourth-order valence-electron chi connectivity index (χ4n) is 4.04. The standard InChI is InChI=1S/C21H28N4O2/c1-16-7-13-25(14-8-16)21(26)18-9-11-24(12-10-18)15-19-22-20(23-27-19)17-5-3-2-4-6-17/h2-6,16,18H,7-15H2,1H3. The zero-order valence-corrected chi connectivity index (χ0v) is 16.0. The fraction of sp³-hybridized carbons (Fsp3) is 0.571. The third kappa shape index (κ3) is 4.38. The van der Waals surface area contributed by atoms with Crippen molar-refractivity contribution in [2.24, 2.45) is 11.8 Å². The number of piperidine rings is 2. The Morgan fingerprint density at radius 1 is 1.07 bits per heavy atom. The van der Waals surface area contributed by atoms with E-state index in [1.807, 2.05) is 30.3 Å². The summed E-state index contributed by atoms with van der Waals surface area (Å²) >= 11 is 0. The Kier molecular flexibility index (Phi) is 5.53. The van der Waals surface area contributed by atoms with Crippen LogP contribution in [0.25, 0.3) is 11.4 Å². The first-order chi connectivity index (χ1) is 13.2. The minimum absolute atomic E-state index is 0.178. The van der Waals surface area contributed by atoms with Gasteiger partial charge in [0.05, 0.1) is 6.54 Å². The smallest absolute Gasteiger partial charge is 0.241 e. The van der Waals surface area contributed by atoms with E-state index in [4.69, 9.17) is 4.52 Å². The number of aromatic nitrogens is 2. The Morgan fingerprint density at radius 3 is 2.48 bits per heavy atom. The second-order valence-corrected chi connectivity index (χ2v) is 7.94. The first-order valence-corrected chi connectivity index (χ1v) is 10.1. The number of amides is 1. The van der Waals surface area contributed by atoms with Crippen molar-refractivity contribution in [1.82, 2.24) is 19.9 Å². The molecule has 0 unspecified atom stereocenters. The first kappa shape index (κ1) is 18.2. The number of likely N-dealkylation sites (tertiary alicyclic amines) is 2. The second kappa shape index (κ2) is 8.21. The van der Waals surface area contributed by atoms with Crippen LogP contribution in [0.1, 0.15) is 38.5 Å². The second-order valence-electron chi connectivity index (χ2n) is 7.94. The van der Waals surface area contributed by atoms with Crippen molar-refractivity contribution in [3.63, 3.8) is 0 Å². The Balaban J connectivity index is 1.27. The molecule has 2 aliphatic rings. The van der Waals surface area contributed by atoms with Crippen molar-refractivity contribution >= 4 is 5.91 Å². The lowest BCUT2D eigenvalue weighted by molar-refractivity contribution is -0.138. The summed E-state index contributed by atoms with van der Waals surface area (Å²) in [6.45, 7) is 6.62. The third-order valence-corrected chi connectivity index (χ3v) is 5.89. The predicted molar refractivity (Wildman–Crippen MR) is 103 cm³/mol. The van der Waals surface area contributed by atoms with Crippen LogP contribution in [0, 0.1) is 11.8 Å². The van der Waals surface area contributed by atoms with Gasteiger partial charge in [-0.2, -0.15) is 4.98 Å². The minimum Gasteiger partial charge on any atom is -0.342 e. The summed E-state index contributed by atoms with van der Waals surface area (Å²) in [5, 5.41) is 4.09. The summed E-state index contributed by atoms with van der Waals surface area (Å²) in [6.07, 6.45) is 4.13. The molecule has 0 atom stereocenters. The van der Waals surface area contributed by atoms with E-state index in [0.717, 1.165) is 63.3 Å². The lowest BCUT2D eigenvalue weighted by Gasteiger charge is -2.36. The van der Waals surface area contributed by atoms with Crippen LogP contribution < -0.4 is 0 Å². The van der Waals surface area contributed by atoms with Gasteiger partial charge in [-0.05, 0) is 44.7 Å². The number of nitrogens with zero attached hydrogens (tertiary/aromatic N) is 4. The Labute approximate surface area is 160 Å². The van der Waals surface area contributed by atoms with Gasteiger partial charge < -0.3 is 9.42 Å². The topological polar surface area (TPSA) is 62.5 Å². The highest BCUT2D eigenvalue weighted by atomic mass is 16.5. The maximum absolute atomic E-state index is 12.8. The molecule has 0 radical (unpaired) electrons. The van der Waals surface area contributed by atoms with Crippen molar-refractivity contribution in [3.05, 3.63) is 36.2 Å². The van der Waals surface area contributed by atoms with Gasteiger partial charge in [-0.25, -0.2) is 0 Å². The van der Waals surface area contributed by atoms with Gasteiger partial charge in [-0.3, -0.25) is 9.69 Å². The number of carbonyl (C=O) groups excluding carboxylic acids is 1. The molecule has 0 spiro atoms. The Hall–Kier alpha value is -2.21. The molecule has 3 heterocycles. The van der Waals surface area contributed by atoms with Crippen LogP contribution in [-0.4, -0.2) is 52.0 Å². The van der Waals surface area contributed by atoms with Crippen LogP contribution in [0.3, 0.4) is 0 Å². The van der Waals surface area contributed by atoms with Crippen LogP contribution in [0.2, 0.25) is 0 Å². The van der Waals surface area contributed by atoms with E-state index in [-0.39, 0.29) is 5.92 Å². The summed E-state index contributed by atoms with van der Waals surface area (Å²) in [5.74, 6) is 2.58. The van der Waals surface area contributed by atoms with Crippen molar-refractivity contribution in [3.8, 4) is 11.4 Å². The van der Waals surface area contributed by atoms with Gasteiger partial charge in [0.15, 0.2) is 0 Å². The summed E-state index contributed by atoms with van der Waals surface area (Å²) in [4.78, 5) is 21.7. The molecule has 2 fully saturated rings. The maximum atomic E-state index is 12.8. The van der Waals surface area contributed by atoms with Crippen LogP contribution in [0.5, 0.6) is 0 Å². The largest absolute Gasteiger partial charge is 0.342 e. The van der Waals surface area contributed by atoms with Crippen molar-refractivity contribution in [2.75, 3.05) is 26.2 Å². The molecule has 144 valence electrons. The molecule has 0 aliphatic carbocycles. The van der Waals surface area contributed by atoms with Crippen LogP contribution in [0.15, 0.2) is 34.9 Å². The maximum Gasteiger partial charge on any atom is 0.241 e. The van der Waals surface area contributed by atoms with Gasteiger partial charge in [-0.1, -0.05) is 42.4 Å². The molecular weight excluding hydrogens is 340 g/mol. The number of benzene rings is 1. The molecule has 0 N–H and O–H groups in total. The molecule has 6 nitrogen and oxygen atoms in total. The Bertz CT molecular complexity index is 745. The van der Waals surface area contributed by atoms with E-state index in [1.165, 1.54) is 0 Å². The fourth-order valence-corrected chi connectivity index (χ4v) is 4.04. The molecule has 4 rings (SSSR count). The quantitative estimate of drug-likeness (QED) is 0.829. The number of rotatable bonds is 4. The molecular formula is C21H28N4O2. The van der Waals surface area contributed by atoms with E-state index in [0.29, 0.717) is 24.2 Å². The molecule has 2 saturated heterocycles. The Morgan fingerprint density at radius 2 is 1.78 bits per heavy atom. The van der Waals surface area contributed by atoms with E-state index < -0.39 is 0 Å². The summed E-state index contributed by atoms with van der Waals surface area (Å²) in [5.41, 5.74) is 0.965. The van der Waals surface area contributed by atoms with Crippen molar-refractivity contribution < 1.29 is 9.32 Å². The molecule has 27 heavy (non-hydrogen) atoms. The normalized spacial score (nSPS) is 20.1. The highest BCUT2D eigenvalue weighted by Gasteiger charge is 2.30. The van der Waals surface area contributed by atoms with Gasteiger partial charge in [0, 0.05) is 24.6 Å². The number of hydrogen-bond acceptors (Lipinski definition) is 5. The van der Waals surface area contributed by atoms with Crippen molar-refractivity contribution in [2.45, 2.75) is 39.2 Å². The molecule has 0 saturated carbocycles. The highest BCUT2D eigenvalue weighted by molar-refractivity contribution is 5.79. The van der Waals surface area contributed by atoms with Gasteiger partial charge in [-0.15, -0.1) is 0 Å². The van der Waals surface area contributed by atoms with E-state index in [2.05, 4.69) is 26.9 Å². The van der Waals surface area contributed by atoms with Gasteiger partial charge in [0.2, 0.25) is 17.6 Å². The zero-order valence-electron chi connectivity index (χ0n) is 16.0. The first-order valence-electron chi connectivity index (χ1n) is 10.1. The third-order valence-electron chi connectivity index (χ3n) is 5.89. The molecule has 6 heteroatoms. The van der Waals surface area contributed by atoms with Crippen molar-refractivity contribution in [1.29, 1.82) is 0 Å². The van der Waals surface area contributed by atoms with Gasteiger partial charge in [0.25, 0.3) is 0 Å². The number of hydrogen-bond donors (Lipinski definition) is 0. The highest BCUT2D eigenvalue weighted by Crippen LogP contribution is 2.24. The van der Waals surface area contributed by atoms with E-state index in [9.17, 15) is 4.79 Å². The van der Waals surface area contributed by atoms with Crippen LogP contribution >= 0.6 is 0 Å². The van der Waals surface area contributed by atoms with Gasteiger partial charge >= 0.3 is 0 Å². The average Bonchev–Trinajstić information content (AvgIpc) is 3.18. The lowest BCUT2D eigenvalue weighted by Crippen LogP contribution is -2.45. The van der Waals surface area contributed by atoms with Crippen LogP contribution in [0.4, 0.5) is 0 Å². The SMILES string of the molecule is CC1CCN(C(=O)C2CCN(Cc3nc(-c4ccccc4)no3)CC2)CC1. The monoisotopic (exact) mass is 368 g/mol. The van der Waals surface area contributed by atoms with E-state index in [1.54, 1.807) is 0 Å². The molecule has 1 amide bonds. The zero-order chi connectivity index (χ0) is 18.6. The number of carbonyl (C=O) groups is 1. The van der Waals surface area contributed by atoms with Gasteiger partial charge in [0.1, 0.15) is 0 Å². The molecule has 1 aromatic heterocycles. The molecule has 2 aromatic rings.